The predicted octanol–water partition coefficient (Wildman–Crippen LogP) is 4.53. The van der Waals surface area contributed by atoms with Crippen molar-refractivity contribution in [1.82, 2.24) is 10.2 Å². The van der Waals surface area contributed by atoms with Gasteiger partial charge in [-0.3, -0.25) is 13.9 Å². The number of anilines is 1. The van der Waals surface area contributed by atoms with Crippen LogP contribution >= 0.6 is 0 Å². The molecule has 1 unspecified atom stereocenters. The largest absolute Gasteiger partial charge is 0.497 e. The van der Waals surface area contributed by atoms with Crippen molar-refractivity contribution in [3.05, 3.63) is 90.0 Å². The molecule has 2 amide bonds. The van der Waals surface area contributed by atoms with Crippen LogP contribution in [0.25, 0.3) is 0 Å². The van der Waals surface area contributed by atoms with Crippen LogP contribution in [0.4, 0.5) is 5.69 Å². The van der Waals surface area contributed by atoms with Gasteiger partial charge >= 0.3 is 0 Å². The summed E-state index contributed by atoms with van der Waals surface area (Å²) < 4.78 is 34.1. The van der Waals surface area contributed by atoms with Crippen LogP contribution in [0.3, 0.4) is 0 Å². The van der Waals surface area contributed by atoms with E-state index in [-0.39, 0.29) is 23.4 Å². The van der Waals surface area contributed by atoms with Crippen LogP contribution in [-0.2, 0) is 26.2 Å². The van der Waals surface area contributed by atoms with Gasteiger partial charge in [0.2, 0.25) is 11.8 Å². The molecule has 3 aromatic rings. The fraction of sp³-hybridized carbons (Fsp3) is 0.333. The molecule has 1 atom stereocenters. The second-order valence-corrected chi connectivity index (χ2v) is 11.5. The van der Waals surface area contributed by atoms with E-state index in [9.17, 15) is 18.0 Å². The highest BCUT2D eigenvalue weighted by molar-refractivity contribution is 7.92. The topological polar surface area (TPSA) is 96.0 Å². The van der Waals surface area contributed by atoms with Crippen LogP contribution in [0.1, 0.15) is 38.3 Å². The zero-order valence-corrected chi connectivity index (χ0v) is 23.9. The lowest BCUT2D eigenvalue weighted by atomic mass is 10.1. The molecule has 0 radical (unpaired) electrons. The Hall–Kier alpha value is -3.85. The number of nitrogens with one attached hydrogen (secondary N) is 1. The quantitative estimate of drug-likeness (QED) is 0.357. The average Bonchev–Trinajstić information content (AvgIpc) is 2.91. The summed E-state index contributed by atoms with van der Waals surface area (Å²) in [5.74, 6) is -0.172. The number of ether oxygens (including phenoxy) is 1. The molecule has 0 heterocycles. The molecule has 8 nitrogen and oxygen atoms in total. The first-order valence-electron chi connectivity index (χ1n) is 12.9. The van der Waals surface area contributed by atoms with Crippen LogP contribution in [-0.4, -0.2) is 50.9 Å². The predicted molar refractivity (Wildman–Crippen MR) is 153 cm³/mol. The second-order valence-electron chi connectivity index (χ2n) is 9.62. The van der Waals surface area contributed by atoms with E-state index in [2.05, 4.69) is 5.32 Å². The van der Waals surface area contributed by atoms with Crippen molar-refractivity contribution in [3.8, 4) is 5.75 Å². The van der Waals surface area contributed by atoms with Crippen molar-refractivity contribution in [3.63, 3.8) is 0 Å². The van der Waals surface area contributed by atoms with E-state index in [1.54, 1.807) is 55.6 Å². The Morgan fingerprint density at radius 1 is 0.949 bits per heavy atom. The van der Waals surface area contributed by atoms with E-state index < -0.39 is 28.5 Å². The van der Waals surface area contributed by atoms with Crippen LogP contribution in [0.5, 0.6) is 5.75 Å². The van der Waals surface area contributed by atoms with Crippen LogP contribution < -0.4 is 14.4 Å². The number of sulfonamides is 1. The molecule has 0 fully saturated rings. The second kappa shape index (κ2) is 13.3. The third-order valence-corrected chi connectivity index (χ3v) is 7.99. The zero-order valence-electron chi connectivity index (χ0n) is 23.1. The van der Waals surface area contributed by atoms with Crippen molar-refractivity contribution in [2.45, 2.75) is 57.6 Å². The van der Waals surface area contributed by atoms with E-state index in [1.807, 2.05) is 45.9 Å². The van der Waals surface area contributed by atoms with Gasteiger partial charge < -0.3 is 15.0 Å². The van der Waals surface area contributed by atoms with Gasteiger partial charge in [0.15, 0.2) is 0 Å². The first-order valence-corrected chi connectivity index (χ1v) is 14.4. The maximum Gasteiger partial charge on any atom is 0.264 e. The lowest BCUT2D eigenvalue weighted by Gasteiger charge is -2.33. The van der Waals surface area contributed by atoms with E-state index in [0.717, 1.165) is 15.4 Å². The van der Waals surface area contributed by atoms with Crippen molar-refractivity contribution < 1.29 is 22.7 Å². The molecule has 0 aromatic heterocycles. The molecular weight excluding hydrogens is 514 g/mol. The molecule has 0 aliphatic rings. The monoisotopic (exact) mass is 551 g/mol. The summed E-state index contributed by atoms with van der Waals surface area (Å²) in [4.78, 5) is 28.8. The van der Waals surface area contributed by atoms with E-state index in [4.69, 9.17) is 4.74 Å². The van der Waals surface area contributed by atoms with Gasteiger partial charge in [0.05, 0.1) is 17.7 Å². The highest BCUT2D eigenvalue weighted by Gasteiger charge is 2.33. The SMILES string of the molecule is CCC(C(=O)NC(C)C)N(Cc1cccc(OC)c1)C(=O)CN(c1cccc(C)c1)S(=O)(=O)c1ccccc1. The van der Waals surface area contributed by atoms with E-state index in [0.29, 0.717) is 17.9 Å². The third kappa shape index (κ3) is 7.60. The minimum Gasteiger partial charge on any atom is -0.497 e. The summed E-state index contributed by atoms with van der Waals surface area (Å²) in [7, 11) is -2.53. The standard InChI is InChI=1S/C30H37N3O5S/c1-6-28(30(35)31-22(2)3)32(20-24-13-11-15-26(19-24)38-5)29(34)21-33(25-14-10-12-23(4)18-25)39(36,37)27-16-8-7-9-17-27/h7-19,22,28H,6,20-21H2,1-5H3,(H,31,35). The maximum absolute atomic E-state index is 14.0. The first kappa shape index (κ1) is 29.7. The van der Waals surface area contributed by atoms with Crippen molar-refractivity contribution in [1.29, 1.82) is 0 Å². The Morgan fingerprint density at radius 3 is 2.26 bits per heavy atom. The molecule has 3 rings (SSSR count). The molecule has 208 valence electrons. The number of carbonyl (C=O) groups is 2. The van der Waals surface area contributed by atoms with Crippen LogP contribution in [0.15, 0.2) is 83.8 Å². The Kier molecular flexibility index (Phi) is 10.1. The molecule has 0 spiro atoms. The third-order valence-electron chi connectivity index (χ3n) is 6.20. The van der Waals surface area contributed by atoms with Gasteiger partial charge in [0.1, 0.15) is 18.3 Å². The number of rotatable bonds is 12. The highest BCUT2D eigenvalue weighted by atomic mass is 32.2. The molecule has 0 bridgehead atoms. The Labute approximate surface area is 231 Å². The molecular formula is C30H37N3O5S. The Bertz CT molecular complexity index is 1380. The number of nitrogens with zero attached hydrogens (tertiary/aromatic N) is 2. The van der Waals surface area contributed by atoms with Gasteiger partial charge in [-0.05, 0) is 74.7 Å². The fourth-order valence-electron chi connectivity index (χ4n) is 4.30. The first-order chi connectivity index (χ1) is 18.6. The minimum absolute atomic E-state index is 0.0724. The minimum atomic E-state index is -4.09. The Balaban J connectivity index is 2.06. The van der Waals surface area contributed by atoms with Gasteiger partial charge in [-0.25, -0.2) is 8.42 Å². The number of methoxy groups -OCH3 is 1. The highest BCUT2D eigenvalue weighted by Crippen LogP contribution is 2.26. The summed E-state index contributed by atoms with van der Waals surface area (Å²) in [6, 6.07) is 21.3. The number of aryl methyl sites for hydroxylation is 1. The lowest BCUT2D eigenvalue weighted by Crippen LogP contribution is -2.53. The molecule has 0 aliphatic carbocycles. The van der Waals surface area contributed by atoms with Gasteiger partial charge in [0.25, 0.3) is 10.0 Å². The smallest absolute Gasteiger partial charge is 0.264 e. The molecule has 3 aromatic carbocycles. The number of hydrogen-bond acceptors (Lipinski definition) is 5. The summed E-state index contributed by atoms with van der Waals surface area (Å²) in [6.07, 6.45) is 0.351. The molecule has 0 saturated carbocycles. The molecule has 0 saturated heterocycles. The van der Waals surface area contributed by atoms with Gasteiger partial charge in [-0.2, -0.15) is 0 Å². The fourth-order valence-corrected chi connectivity index (χ4v) is 5.73. The summed E-state index contributed by atoms with van der Waals surface area (Å²) >= 11 is 0. The summed E-state index contributed by atoms with van der Waals surface area (Å²) in [6.45, 7) is 7.02. The van der Waals surface area contributed by atoms with E-state index in [1.165, 1.54) is 17.0 Å². The van der Waals surface area contributed by atoms with Crippen molar-refractivity contribution in [2.24, 2.45) is 0 Å². The van der Waals surface area contributed by atoms with Gasteiger partial charge in [-0.15, -0.1) is 0 Å². The van der Waals surface area contributed by atoms with Crippen molar-refractivity contribution >= 4 is 27.5 Å². The molecule has 39 heavy (non-hydrogen) atoms. The molecule has 0 aliphatic heterocycles. The number of hydrogen-bond donors (Lipinski definition) is 1. The van der Waals surface area contributed by atoms with Crippen LogP contribution in [0.2, 0.25) is 0 Å². The summed E-state index contributed by atoms with van der Waals surface area (Å²) in [5.41, 5.74) is 1.98. The number of carbonyl (C=O) groups excluding carboxylic acids is 2. The zero-order chi connectivity index (χ0) is 28.6. The van der Waals surface area contributed by atoms with Crippen molar-refractivity contribution in [2.75, 3.05) is 18.0 Å². The van der Waals surface area contributed by atoms with Gasteiger partial charge in [-0.1, -0.05) is 49.4 Å². The number of benzene rings is 3. The average molecular weight is 552 g/mol. The lowest BCUT2D eigenvalue weighted by molar-refractivity contribution is -0.140. The van der Waals surface area contributed by atoms with Crippen LogP contribution in [0, 0.1) is 6.92 Å². The summed E-state index contributed by atoms with van der Waals surface area (Å²) in [5, 5.41) is 2.90. The normalized spacial score (nSPS) is 12.1. The van der Waals surface area contributed by atoms with E-state index >= 15 is 0 Å². The Morgan fingerprint density at radius 2 is 1.64 bits per heavy atom. The molecule has 1 N–H and O–H groups in total. The maximum atomic E-state index is 14.0. The number of amides is 2. The van der Waals surface area contributed by atoms with Gasteiger partial charge in [0, 0.05) is 12.6 Å². The molecule has 9 heteroatoms.